The van der Waals surface area contributed by atoms with Crippen molar-refractivity contribution >= 4 is 16.8 Å². The number of benzene rings is 1. The van der Waals surface area contributed by atoms with Gasteiger partial charge < -0.3 is 14.6 Å². The predicted molar refractivity (Wildman–Crippen MR) is 90.4 cm³/mol. The Bertz CT molecular complexity index is 646. The van der Waals surface area contributed by atoms with Crippen LogP contribution >= 0.6 is 0 Å². The average Bonchev–Trinajstić information content (AvgIpc) is 3.24. The standard InChI is InChI=1S/C19H24N2O2/c22-19(13-16-5-3-11-23-16)21-9-7-14(8-10-21)18-12-15-4-1-2-6-17(15)20-18/h1-2,4,6,12,14,16,20H,3,5,7-11,13H2. The lowest BCUT2D eigenvalue weighted by Gasteiger charge is -2.32. The summed E-state index contributed by atoms with van der Waals surface area (Å²) in [5, 5.41) is 1.28. The van der Waals surface area contributed by atoms with E-state index in [1.165, 1.54) is 16.6 Å². The molecule has 2 aliphatic rings. The van der Waals surface area contributed by atoms with E-state index >= 15 is 0 Å². The molecule has 1 aromatic carbocycles. The van der Waals surface area contributed by atoms with Gasteiger partial charge in [-0.15, -0.1) is 0 Å². The number of likely N-dealkylation sites (tertiary alicyclic amines) is 1. The highest BCUT2D eigenvalue weighted by atomic mass is 16.5. The second kappa shape index (κ2) is 6.36. The number of nitrogens with one attached hydrogen (secondary N) is 1. The first-order valence-corrected chi connectivity index (χ1v) is 8.76. The van der Waals surface area contributed by atoms with Gasteiger partial charge in [-0.2, -0.15) is 0 Å². The van der Waals surface area contributed by atoms with Gasteiger partial charge in [0, 0.05) is 36.8 Å². The molecule has 0 bridgehead atoms. The molecule has 1 aromatic heterocycles. The quantitative estimate of drug-likeness (QED) is 0.943. The van der Waals surface area contributed by atoms with Gasteiger partial charge in [-0.1, -0.05) is 18.2 Å². The number of nitrogens with zero attached hydrogens (tertiary/aromatic N) is 1. The predicted octanol–water partition coefficient (Wildman–Crippen LogP) is 3.44. The van der Waals surface area contributed by atoms with Crippen LogP contribution < -0.4 is 0 Å². The minimum absolute atomic E-state index is 0.161. The van der Waals surface area contributed by atoms with E-state index in [9.17, 15) is 4.79 Å². The van der Waals surface area contributed by atoms with Gasteiger partial charge in [0.25, 0.3) is 0 Å². The molecule has 4 heteroatoms. The van der Waals surface area contributed by atoms with E-state index in [1.54, 1.807) is 0 Å². The molecule has 1 atom stereocenters. The number of carbonyl (C=O) groups excluding carboxylic acids is 1. The van der Waals surface area contributed by atoms with E-state index in [1.807, 2.05) is 4.90 Å². The number of piperidine rings is 1. The van der Waals surface area contributed by atoms with Crippen molar-refractivity contribution in [2.75, 3.05) is 19.7 Å². The Hall–Kier alpha value is -1.81. The van der Waals surface area contributed by atoms with Gasteiger partial charge in [0.2, 0.25) is 5.91 Å². The van der Waals surface area contributed by atoms with E-state index in [4.69, 9.17) is 4.74 Å². The topological polar surface area (TPSA) is 45.3 Å². The molecule has 4 nitrogen and oxygen atoms in total. The second-order valence-electron chi connectivity index (χ2n) is 6.81. The maximum atomic E-state index is 12.4. The SMILES string of the molecule is O=C(CC1CCCO1)N1CCC(c2cc3ccccc3[nH]2)CC1. The zero-order valence-corrected chi connectivity index (χ0v) is 13.5. The number of fused-ring (bicyclic) bond motifs is 1. The highest BCUT2D eigenvalue weighted by Crippen LogP contribution is 2.30. The van der Waals surface area contributed by atoms with Gasteiger partial charge in [-0.25, -0.2) is 0 Å². The third-order valence-electron chi connectivity index (χ3n) is 5.26. The summed E-state index contributed by atoms with van der Waals surface area (Å²) < 4.78 is 5.59. The minimum atomic E-state index is 0.161. The Morgan fingerprint density at radius 1 is 1.22 bits per heavy atom. The number of rotatable bonds is 3. The fourth-order valence-corrected chi connectivity index (χ4v) is 3.88. The first-order chi connectivity index (χ1) is 11.3. The molecule has 2 fully saturated rings. The number of aromatic nitrogens is 1. The summed E-state index contributed by atoms with van der Waals surface area (Å²) in [7, 11) is 0. The molecule has 0 spiro atoms. The highest BCUT2D eigenvalue weighted by Gasteiger charge is 2.27. The number of ether oxygens (including phenoxy) is 1. The number of carbonyl (C=O) groups is 1. The van der Waals surface area contributed by atoms with Crippen LogP contribution in [-0.4, -0.2) is 41.6 Å². The molecule has 0 aliphatic carbocycles. The molecular formula is C19H24N2O2. The Balaban J connectivity index is 1.35. The van der Waals surface area contributed by atoms with E-state index in [0.717, 1.165) is 45.4 Å². The van der Waals surface area contributed by atoms with Crippen LogP contribution in [0, 0.1) is 0 Å². The lowest BCUT2D eigenvalue weighted by atomic mass is 9.93. The summed E-state index contributed by atoms with van der Waals surface area (Å²) in [6.07, 6.45) is 4.96. The fraction of sp³-hybridized carbons (Fsp3) is 0.526. The molecule has 23 heavy (non-hydrogen) atoms. The molecule has 1 amide bonds. The van der Waals surface area contributed by atoms with Crippen LogP contribution in [0.1, 0.15) is 43.7 Å². The van der Waals surface area contributed by atoms with Gasteiger partial charge in [0.05, 0.1) is 12.5 Å². The second-order valence-corrected chi connectivity index (χ2v) is 6.81. The van der Waals surface area contributed by atoms with Crippen LogP contribution in [-0.2, 0) is 9.53 Å². The van der Waals surface area contributed by atoms with E-state index in [0.29, 0.717) is 12.3 Å². The monoisotopic (exact) mass is 312 g/mol. The number of H-pyrrole nitrogens is 1. The Morgan fingerprint density at radius 3 is 2.78 bits per heavy atom. The normalized spacial score (nSPS) is 22.8. The lowest BCUT2D eigenvalue weighted by Crippen LogP contribution is -2.39. The average molecular weight is 312 g/mol. The lowest BCUT2D eigenvalue weighted by molar-refractivity contribution is -0.134. The van der Waals surface area contributed by atoms with Crippen molar-refractivity contribution in [2.45, 2.75) is 44.1 Å². The van der Waals surface area contributed by atoms with Crippen molar-refractivity contribution in [3.8, 4) is 0 Å². The van der Waals surface area contributed by atoms with Crippen molar-refractivity contribution in [2.24, 2.45) is 0 Å². The molecule has 1 N–H and O–H groups in total. The Morgan fingerprint density at radius 2 is 2.04 bits per heavy atom. The smallest absolute Gasteiger partial charge is 0.225 e. The molecule has 2 aromatic rings. The summed E-state index contributed by atoms with van der Waals surface area (Å²) in [6, 6.07) is 10.7. The van der Waals surface area contributed by atoms with Gasteiger partial charge in [-0.3, -0.25) is 4.79 Å². The highest BCUT2D eigenvalue weighted by molar-refractivity contribution is 5.80. The first kappa shape index (κ1) is 14.8. The third kappa shape index (κ3) is 3.13. The molecule has 0 saturated carbocycles. The van der Waals surface area contributed by atoms with Crippen LogP contribution in [0.5, 0.6) is 0 Å². The van der Waals surface area contributed by atoms with Crippen LogP contribution in [0.4, 0.5) is 0 Å². The van der Waals surface area contributed by atoms with Gasteiger partial charge in [-0.05, 0) is 43.2 Å². The summed E-state index contributed by atoms with van der Waals surface area (Å²) in [5.41, 5.74) is 2.52. The molecule has 2 aliphatic heterocycles. The molecular weight excluding hydrogens is 288 g/mol. The van der Waals surface area contributed by atoms with E-state index in [2.05, 4.69) is 35.3 Å². The molecule has 1 unspecified atom stereocenters. The van der Waals surface area contributed by atoms with E-state index in [-0.39, 0.29) is 12.0 Å². The van der Waals surface area contributed by atoms with Crippen molar-refractivity contribution in [1.82, 2.24) is 9.88 Å². The summed E-state index contributed by atoms with van der Waals surface area (Å²) in [6.45, 7) is 2.55. The first-order valence-electron chi connectivity index (χ1n) is 8.76. The number of hydrogen-bond donors (Lipinski definition) is 1. The van der Waals surface area contributed by atoms with Gasteiger partial charge in [0.15, 0.2) is 0 Å². The maximum Gasteiger partial charge on any atom is 0.225 e. The van der Waals surface area contributed by atoms with Crippen LogP contribution in [0.15, 0.2) is 30.3 Å². The molecule has 4 rings (SSSR count). The van der Waals surface area contributed by atoms with E-state index < -0.39 is 0 Å². The largest absolute Gasteiger partial charge is 0.378 e. The van der Waals surface area contributed by atoms with Gasteiger partial charge >= 0.3 is 0 Å². The third-order valence-corrected chi connectivity index (χ3v) is 5.26. The molecule has 0 radical (unpaired) electrons. The maximum absolute atomic E-state index is 12.4. The number of para-hydroxylation sites is 1. The van der Waals surface area contributed by atoms with Crippen molar-refractivity contribution in [3.63, 3.8) is 0 Å². The minimum Gasteiger partial charge on any atom is -0.378 e. The van der Waals surface area contributed by atoms with Crippen LogP contribution in [0.3, 0.4) is 0 Å². The van der Waals surface area contributed by atoms with Crippen molar-refractivity contribution in [1.29, 1.82) is 0 Å². The zero-order valence-electron chi connectivity index (χ0n) is 13.5. The number of hydrogen-bond acceptors (Lipinski definition) is 2. The number of aromatic amines is 1. The molecule has 3 heterocycles. The fourth-order valence-electron chi connectivity index (χ4n) is 3.88. The van der Waals surface area contributed by atoms with Crippen molar-refractivity contribution < 1.29 is 9.53 Å². The molecule has 2 saturated heterocycles. The summed E-state index contributed by atoms with van der Waals surface area (Å²) in [5.74, 6) is 0.807. The van der Waals surface area contributed by atoms with Crippen molar-refractivity contribution in [3.05, 3.63) is 36.0 Å². The summed E-state index contributed by atoms with van der Waals surface area (Å²) >= 11 is 0. The van der Waals surface area contributed by atoms with Crippen LogP contribution in [0.25, 0.3) is 10.9 Å². The molecule has 122 valence electrons. The zero-order chi connectivity index (χ0) is 15.6. The van der Waals surface area contributed by atoms with Gasteiger partial charge in [0.1, 0.15) is 0 Å². The Kier molecular flexibility index (Phi) is 4.08. The van der Waals surface area contributed by atoms with Crippen LogP contribution in [0.2, 0.25) is 0 Å². The Labute approximate surface area is 136 Å². The summed E-state index contributed by atoms with van der Waals surface area (Å²) in [4.78, 5) is 17.9. The number of amides is 1.